The Kier molecular flexibility index (Phi) is 2.02. The van der Waals surface area contributed by atoms with Gasteiger partial charge >= 0.3 is 0 Å². The van der Waals surface area contributed by atoms with Gasteiger partial charge in [-0.25, -0.2) is 0 Å². The fourth-order valence-corrected chi connectivity index (χ4v) is 2.52. The van der Waals surface area contributed by atoms with E-state index < -0.39 is 0 Å². The van der Waals surface area contributed by atoms with Gasteiger partial charge in [0.2, 0.25) is 0 Å². The van der Waals surface area contributed by atoms with E-state index in [0.29, 0.717) is 0 Å². The first-order valence-electron chi connectivity index (χ1n) is 4.89. The summed E-state index contributed by atoms with van der Waals surface area (Å²) in [5, 5.41) is 0. The Hall–Kier alpha value is -0.260. The molecule has 2 aliphatic carbocycles. The van der Waals surface area contributed by atoms with Crippen molar-refractivity contribution < 1.29 is 0 Å². The molecule has 61 valence electrons. The molecule has 1 radical (unpaired) electrons. The molecule has 1 unspecified atom stereocenters. The SMILES string of the molecule is C[C]1CCCC1C1=CCCC1. The van der Waals surface area contributed by atoms with Crippen molar-refractivity contribution in [2.75, 3.05) is 0 Å². The maximum absolute atomic E-state index is 2.49. The molecule has 0 heteroatoms. The molecule has 0 aliphatic heterocycles. The van der Waals surface area contributed by atoms with E-state index in [1.165, 1.54) is 38.5 Å². The monoisotopic (exact) mass is 149 g/mol. The first-order valence-corrected chi connectivity index (χ1v) is 4.89. The highest BCUT2D eigenvalue weighted by atomic mass is 14.3. The van der Waals surface area contributed by atoms with Crippen LogP contribution in [0.5, 0.6) is 0 Å². The van der Waals surface area contributed by atoms with E-state index in [1.807, 2.05) is 0 Å². The van der Waals surface area contributed by atoms with E-state index in [2.05, 4.69) is 13.0 Å². The lowest BCUT2D eigenvalue weighted by Gasteiger charge is -2.15. The Morgan fingerprint density at radius 1 is 1.27 bits per heavy atom. The Bertz CT molecular complexity index is 167. The van der Waals surface area contributed by atoms with Crippen LogP contribution in [0.3, 0.4) is 0 Å². The van der Waals surface area contributed by atoms with Crippen LogP contribution in [0.15, 0.2) is 11.6 Å². The maximum Gasteiger partial charge on any atom is -0.0144 e. The molecule has 1 atom stereocenters. The van der Waals surface area contributed by atoms with E-state index in [9.17, 15) is 0 Å². The third-order valence-electron chi connectivity index (χ3n) is 3.18. The molecule has 0 N–H and O–H groups in total. The second kappa shape index (κ2) is 3.00. The van der Waals surface area contributed by atoms with E-state index in [-0.39, 0.29) is 0 Å². The van der Waals surface area contributed by atoms with Gasteiger partial charge in [0, 0.05) is 0 Å². The third-order valence-corrected chi connectivity index (χ3v) is 3.18. The van der Waals surface area contributed by atoms with Gasteiger partial charge < -0.3 is 0 Å². The van der Waals surface area contributed by atoms with Crippen LogP contribution in [0.1, 0.15) is 45.4 Å². The van der Waals surface area contributed by atoms with Crippen LogP contribution in [0, 0.1) is 11.8 Å². The maximum atomic E-state index is 2.49. The Morgan fingerprint density at radius 2 is 2.18 bits per heavy atom. The molecule has 0 aromatic rings. The first-order chi connectivity index (χ1) is 5.38. The summed E-state index contributed by atoms with van der Waals surface area (Å²) < 4.78 is 0. The van der Waals surface area contributed by atoms with Gasteiger partial charge in [-0.3, -0.25) is 0 Å². The zero-order valence-electron chi connectivity index (χ0n) is 7.40. The Morgan fingerprint density at radius 3 is 2.73 bits per heavy atom. The molecular formula is C11H17. The van der Waals surface area contributed by atoms with Gasteiger partial charge in [-0.05, 0) is 43.9 Å². The summed E-state index contributed by atoms with van der Waals surface area (Å²) in [4.78, 5) is 0. The Balaban J connectivity index is 2.03. The molecular weight excluding hydrogens is 132 g/mol. The smallest absolute Gasteiger partial charge is 0.0144 e. The number of hydrogen-bond donors (Lipinski definition) is 0. The summed E-state index contributed by atoms with van der Waals surface area (Å²) in [6.45, 7) is 2.34. The minimum Gasteiger partial charge on any atom is -0.0850 e. The Labute approximate surface area is 69.7 Å². The summed E-state index contributed by atoms with van der Waals surface area (Å²) in [6.07, 6.45) is 10.9. The molecule has 1 fully saturated rings. The fourth-order valence-electron chi connectivity index (χ4n) is 2.52. The van der Waals surface area contributed by atoms with E-state index >= 15 is 0 Å². The molecule has 2 aliphatic rings. The van der Waals surface area contributed by atoms with Crippen molar-refractivity contribution >= 4 is 0 Å². The van der Waals surface area contributed by atoms with Crippen LogP contribution in [-0.4, -0.2) is 0 Å². The lowest BCUT2D eigenvalue weighted by Crippen LogP contribution is -2.03. The molecule has 0 spiro atoms. The average molecular weight is 149 g/mol. The normalized spacial score (nSPS) is 32.8. The van der Waals surface area contributed by atoms with E-state index in [1.54, 1.807) is 11.5 Å². The highest BCUT2D eigenvalue weighted by molar-refractivity contribution is 5.20. The van der Waals surface area contributed by atoms with Gasteiger partial charge in [0.25, 0.3) is 0 Å². The van der Waals surface area contributed by atoms with Gasteiger partial charge in [-0.2, -0.15) is 0 Å². The minimum atomic E-state index is 0.900. The molecule has 0 bridgehead atoms. The predicted molar refractivity (Wildman–Crippen MR) is 48.2 cm³/mol. The molecule has 1 saturated carbocycles. The van der Waals surface area contributed by atoms with Crippen molar-refractivity contribution in [2.45, 2.75) is 45.4 Å². The van der Waals surface area contributed by atoms with E-state index in [4.69, 9.17) is 0 Å². The molecule has 0 nitrogen and oxygen atoms in total. The quantitative estimate of drug-likeness (QED) is 0.501. The van der Waals surface area contributed by atoms with Crippen LogP contribution in [-0.2, 0) is 0 Å². The van der Waals surface area contributed by atoms with Crippen LogP contribution >= 0.6 is 0 Å². The summed E-state index contributed by atoms with van der Waals surface area (Å²) in [5.74, 6) is 2.65. The molecule has 2 rings (SSSR count). The highest BCUT2D eigenvalue weighted by Crippen LogP contribution is 2.41. The summed E-state index contributed by atoms with van der Waals surface area (Å²) in [5.41, 5.74) is 1.76. The molecule has 0 heterocycles. The van der Waals surface area contributed by atoms with Crippen LogP contribution in [0.4, 0.5) is 0 Å². The molecule has 0 saturated heterocycles. The molecule has 0 amide bonds. The van der Waals surface area contributed by atoms with Crippen LogP contribution in [0.25, 0.3) is 0 Å². The summed E-state index contributed by atoms with van der Waals surface area (Å²) in [6, 6.07) is 0. The summed E-state index contributed by atoms with van der Waals surface area (Å²) in [7, 11) is 0. The molecule has 0 aromatic carbocycles. The van der Waals surface area contributed by atoms with Gasteiger partial charge in [0.15, 0.2) is 0 Å². The molecule has 11 heavy (non-hydrogen) atoms. The first kappa shape index (κ1) is 7.39. The van der Waals surface area contributed by atoms with Crippen molar-refractivity contribution in [3.05, 3.63) is 17.6 Å². The highest BCUT2D eigenvalue weighted by Gasteiger charge is 2.27. The third kappa shape index (κ3) is 1.36. The van der Waals surface area contributed by atoms with Gasteiger partial charge in [-0.1, -0.05) is 25.0 Å². The number of rotatable bonds is 1. The second-order valence-corrected chi connectivity index (χ2v) is 3.96. The summed E-state index contributed by atoms with van der Waals surface area (Å²) >= 11 is 0. The van der Waals surface area contributed by atoms with Gasteiger partial charge in [0.05, 0.1) is 0 Å². The lowest BCUT2D eigenvalue weighted by atomic mass is 9.90. The number of allylic oxidation sites excluding steroid dienone is 2. The van der Waals surface area contributed by atoms with Crippen molar-refractivity contribution in [2.24, 2.45) is 5.92 Å². The van der Waals surface area contributed by atoms with Crippen LogP contribution in [0.2, 0.25) is 0 Å². The zero-order valence-corrected chi connectivity index (χ0v) is 7.40. The zero-order chi connectivity index (χ0) is 7.68. The lowest BCUT2D eigenvalue weighted by molar-refractivity contribution is 0.650. The topological polar surface area (TPSA) is 0 Å². The number of hydrogen-bond acceptors (Lipinski definition) is 0. The van der Waals surface area contributed by atoms with Crippen molar-refractivity contribution in [1.29, 1.82) is 0 Å². The minimum absolute atomic E-state index is 0.900. The van der Waals surface area contributed by atoms with Crippen molar-refractivity contribution in [3.8, 4) is 0 Å². The standard InChI is InChI=1S/C11H17/c1-9-5-4-8-11(9)10-6-2-3-7-10/h6,11H,2-5,7-8H2,1H3. The van der Waals surface area contributed by atoms with Crippen molar-refractivity contribution in [1.82, 2.24) is 0 Å². The van der Waals surface area contributed by atoms with Gasteiger partial charge in [-0.15, -0.1) is 0 Å². The second-order valence-electron chi connectivity index (χ2n) is 3.96. The average Bonchev–Trinajstić information content (AvgIpc) is 2.55. The van der Waals surface area contributed by atoms with E-state index in [0.717, 1.165) is 5.92 Å². The molecule has 0 aromatic heterocycles. The predicted octanol–water partition coefficient (Wildman–Crippen LogP) is 3.49. The van der Waals surface area contributed by atoms with Gasteiger partial charge in [0.1, 0.15) is 0 Å². The van der Waals surface area contributed by atoms with Crippen molar-refractivity contribution in [3.63, 3.8) is 0 Å². The largest absolute Gasteiger partial charge is 0.0850 e. The fraction of sp³-hybridized carbons (Fsp3) is 0.727. The van der Waals surface area contributed by atoms with Crippen LogP contribution < -0.4 is 0 Å².